The second kappa shape index (κ2) is 8.42. The van der Waals surface area contributed by atoms with Gasteiger partial charge in [0.25, 0.3) is 5.91 Å². The van der Waals surface area contributed by atoms with Gasteiger partial charge in [-0.25, -0.2) is 4.98 Å². The highest BCUT2D eigenvalue weighted by Gasteiger charge is 2.23. The maximum atomic E-state index is 13.4. The van der Waals surface area contributed by atoms with E-state index in [4.69, 9.17) is 4.98 Å². The van der Waals surface area contributed by atoms with Crippen LogP contribution in [0.15, 0.2) is 41.3 Å². The summed E-state index contributed by atoms with van der Waals surface area (Å²) >= 11 is 3.18. The van der Waals surface area contributed by atoms with Crippen LogP contribution < -0.4 is 4.90 Å². The van der Waals surface area contributed by atoms with E-state index in [1.165, 1.54) is 11.1 Å². The normalized spacial score (nSPS) is 11.3. The number of rotatable bonds is 6. The zero-order chi connectivity index (χ0) is 19.6. The van der Waals surface area contributed by atoms with Gasteiger partial charge in [-0.1, -0.05) is 23.5 Å². The molecule has 0 saturated carbocycles. The van der Waals surface area contributed by atoms with Crippen molar-refractivity contribution in [2.24, 2.45) is 0 Å². The van der Waals surface area contributed by atoms with E-state index < -0.39 is 0 Å². The minimum atomic E-state index is 0.00861. The van der Waals surface area contributed by atoms with Crippen LogP contribution in [-0.4, -0.2) is 49.2 Å². The summed E-state index contributed by atoms with van der Waals surface area (Å²) in [5.41, 5.74) is 4.16. The largest absolute Gasteiger partial charge is 0.308 e. The molecule has 0 fully saturated rings. The molecule has 3 aromatic rings. The highest BCUT2D eigenvalue weighted by atomic mass is 32.2. The average Bonchev–Trinajstić information content (AvgIpc) is 3.04. The van der Waals surface area contributed by atoms with E-state index >= 15 is 0 Å². The molecule has 1 aromatic heterocycles. The molecular formula is C21H25N3OS2. The van der Waals surface area contributed by atoms with Crippen molar-refractivity contribution in [2.45, 2.75) is 18.7 Å². The predicted molar refractivity (Wildman–Crippen MR) is 118 cm³/mol. The summed E-state index contributed by atoms with van der Waals surface area (Å²) in [4.78, 5) is 23.1. The second-order valence-electron chi connectivity index (χ2n) is 6.86. The molecule has 6 heteroatoms. The molecule has 2 aromatic carbocycles. The minimum Gasteiger partial charge on any atom is -0.308 e. The van der Waals surface area contributed by atoms with Crippen molar-refractivity contribution >= 4 is 44.4 Å². The van der Waals surface area contributed by atoms with Gasteiger partial charge in [-0.05, 0) is 69.6 Å². The first-order valence-corrected chi connectivity index (χ1v) is 10.9. The lowest BCUT2D eigenvalue weighted by atomic mass is 10.1. The van der Waals surface area contributed by atoms with Gasteiger partial charge in [0.2, 0.25) is 0 Å². The number of thiazole rings is 1. The van der Waals surface area contributed by atoms with Crippen LogP contribution in [0.4, 0.5) is 5.13 Å². The number of carbonyl (C=O) groups is 1. The fourth-order valence-corrected chi connectivity index (χ4v) is 4.49. The van der Waals surface area contributed by atoms with Crippen LogP contribution in [0.25, 0.3) is 10.2 Å². The summed E-state index contributed by atoms with van der Waals surface area (Å²) in [5, 5.41) is 0.762. The summed E-state index contributed by atoms with van der Waals surface area (Å²) in [7, 11) is 4.03. The van der Waals surface area contributed by atoms with Crippen LogP contribution in [0.1, 0.15) is 21.5 Å². The van der Waals surface area contributed by atoms with Crippen LogP contribution in [-0.2, 0) is 0 Å². The van der Waals surface area contributed by atoms with Gasteiger partial charge in [-0.2, -0.15) is 0 Å². The highest BCUT2D eigenvalue weighted by Crippen LogP contribution is 2.32. The molecule has 0 radical (unpaired) electrons. The van der Waals surface area contributed by atoms with Crippen LogP contribution >= 0.6 is 23.1 Å². The number of aryl methyl sites for hydroxylation is 2. The first kappa shape index (κ1) is 19.9. The Bertz CT molecular complexity index is 926. The standard InChI is InChI=1S/C21H25N3OS2/c1-14-12-17-19(13-15(14)2)27-21(22-17)24(11-10-23(3)4)20(25)16-8-6-7-9-18(16)26-5/h6-9,12-13H,10-11H2,1-5H3. The third-order valence-electron chi connectivity index (χ3n) is 4.58. The second-order valence-corrected chi connectivity index (χ2v) is 8.72. The molecule has 1 amide bonds. The smallest absolute Gasteiger partial charge is 0.261 e. The van der Waals surface area contributed by atoms with Gasteiger partial charge in [-0.3, -0.25) is 9.69 Å². The van der Waals surface area contributed by atoms with Crippen LogP contribution in [0.2, 0.25) is 0 Å². The van der Waals surface area contributed by atoms with Crippen molar-refractivity contribution in [1.82, 2.24) is 9.88 Å². The van der Waals surface area contributed by atoms with Crippen molar-refractivity contribution in [3.05, 3.63) is 53.1 Å². The Kier molecular flexibility index (Phi) is 6.19. The summed E-state index contributed by atoms with van der Waals surface area (Å²) in [6.07, 6.45) is 2.00. The average molecular weight is 400 g/mol. The number of fused-ring (bicyclic) bond motifs is 1. The lowest BCUT2D eigenvalue weighted by Crippen LogP contribution is -2.37. The molecule has 142 valence electrons. The monoisotopic (exact) mass is 399 g/mol. The Morgan fingerprint density at radius 1 is 1.11 bits per heavy atom. The van der Waals surface area contributed by atoms with Crippen molar-refractivity contribution < 1.29 is 4.79 Å². The molecule has 0 N–H and O–H groups in total. The lowest BCUT2D eigenvalue weighted by Gasteiger charge is -2.22. The van der Waals surface area contributed by atoms with Crippen molar-refractivity contribution in [1.29, 1.82) is 0 Å². The molecular weight excluding hydrogens is 374 g/mol. The van der Waals surface area contributed by atoms with Crippen molar-refractivity contribution in [2.75, 3.05) is 38.3 Å². The first-order chi connectivity index (χ1) is 12.9. The van der Waals surface area contributed by atoms with E-state index in [0.717, 1.165) is 32.4 Å². The lowest BCUT2D eigenvalue weighted by molar-refractivity contribution is 0.0982. The van der Waals surface area contributed by atoms with Crippen molar-refractivity contribution in [3.8, 4) is 0 Å². The molecule has 0 saturated heterocycles. The van der Waals surface area contributed by atoms with Crippen molar-refractivity contribution in [3.63, 3.8) is 0 Å². The van der Waals surface area contributed by atoms with Gasteiger partial charge in [0, 0.05) is 18.0 Å². The molecule has 0 bridgehead atoms. The fraction of sp³-hybridized carbons (Fsp3) is 0.333. The molecule has 0 spiro atoms. The molecule has 1 heterocycles. The Labute approximate surface area is 169 Å². The number of anilines is 1. The topological polar surface area (TPSA) is 36.4 Å². The maximum Gasteiger partial charge on any atom is 0.261 e. The van der Waals surface area contributed by atoms with Gasteiger partial charge in [0.1, 0.15) is 0 Å². The molecule has 0 atom stereocenters. The number of benzene rings is 2. The number of likely N-dealkylation sites (N-methyl/N-ethyl adjacent to an activating group) is 1. The highest BCUT2D eigenvalue weighted by molar-refractivity contribution is 7.98. The van der Waals surface area contributed by atoms with Gasteiger partial charge in [0.15, 0.2) is 5.13 Å². The van der Waals surface area contributed by atoms with Gasteiger partial charge in [-0.15, -0.1) is 11.8 Å². The SMILES string of the molecule is CSc1ccccc1C(=O)N(CCN(C)C)c1nc2cc(C)c(C)cc2s1. The minimum absolute atomic E-state index is 0.00861. The van der Waals surface area contributed by atoms with E-state index in [1.54, 1.807) is 23.1 Å². The molecule has 0 unspecified atom stereocenters. The molecule has 0 aliphatic carbocycles. The Balaban J connectivity index is 2.04. The Morgan fingerprint density at radius 2 is 1.81 bits per heavy atom. The zero-order valence-corrected chi connectivity index (χ0v) is 18.1. The summed E-state index contributed by atoms with van der Waals surface area (Å²) in [6, 6.07) is 12.1. The van der Waals surface area contributed by atoms with E-state index in [-0.39, 0.29) is 5.91 Å². The van der Waals surface area contributed by atoms with E-state index in [9.17, 15) is 4.79 Å². The Hall–Kier alpha value is -1.89. The zero-order valence-electron chi connectivity index (χ0n) is 16.4. The van der Waals surface area contributed by atoms with Crippen LogP contribution in [0.3, 0.4) is 0 Å². The maximum absolute atomic E-state index is 13.4. The number of amides is 1. The van der Waals surface area contributed by atoms with Gasteiger partial charge >= 0.3 is 0 Å². The summed E-state index contributed by atoms with van der Waals surface area (Å²) in [5.74, 6) is 0.00861. The van der Waals surface area contributed by atoms with Gasteiger partial charge < -0.3 is 4.90 Å². The Morgan fingerprint density at radius 3 is 2.52 bits per heavy atom. The molecule has 0 aliphatic rings. The number of thioether (sulfide) groups is 1. The van der Waals surface area contributed by atoms with Gasteiger partial charge in [0.05, 0.1) is 15.8 Å². The number of nitrogens with zero attached hydrogens (tertiary/aromatic N) is 3. The molecule has 3 rings (SSSR count). The van der Waals surface area contributed by atoms with E-state index in [0.29, 0.717) is 6.54 Å². The fourth-order valence-electron chi connectivity index (χ4n) is 2.83. The molecule has 0 aliphatic heterocycles. The predicted octanol–water partition coefficient (Wildman–Crippen LogP) is 4.84. The van der Waals surface area contributed by atoms with E-state index in [1.807, 2.05) is 49.5 Å². The third-order valence-corrected chi connectivity index (χ3v) is 6.41. The van der Waals surface area contributed by atoms with Crippen LogP contribution in [0.5, 0.6) is 0 Å². The first-order valence-electron chi connectivity index (χ1n) is 8.88. The third kappa shape index (κ3) is 4.34. The van der Waals surface area contributed by atoms with Crippen LogP contribution in [0, 0.1) is 13.8 Å². The number of hydrogen-bond donors (Lipinski definition) is 0. The number of aromatic nitrogens is 1. The van der Waals surface area contributed by atoms with E-state index in [2.05, 4.69) is 30.9 Å². The molecule has 27 heavy (non-hydrogen) atoms. The summed E-state index contributed by atoms with van der Waals surface area (Å²) in [6.45, 7) is 5.59. The quantitative estimate of drug-likeness (QED) is 0.556. The number of hydrogen-bond acceptors (Lipinski definition) is 5. The number of carbonyl (C=O) groups excluding carboxylic acids is 1. The molecule has 4 nitrogen and oxygen atoms in total. The summed E-state index contributed by atoms with van der Waals surface area (Å²) < 4.78 is 1.12.